The number of benzene rings is 2. The third kappa shape index (κ3) is 2.57. The highest BCUT2D eigenvalue weighted by Gasteiger charge is 2.42. The van der Waals surface area contributed by atoms with Crippen LogP contribution < -0.4 is 10.5 Å². The monoisotopic (exact) mass is 257 g/mol. The Kier molecular flexibility index (Phi) is 3.17. The highest BCUT2D eigenvalue weighted by molar-refractivity contribution is 5.83. The predicted octanol–water partition coefficient (Wildman–Crippen LogP) is 2.32. The first-order chi connectivity index (χ1) is 9.21. The molecule has 0 radical (unpaired) electrons. The van der Waals surface area contributed by atoms with Gasteiger partial charge in [0, 0.05) is 0 Å². The molecule has 3 N–H and O–H groups in total. The Bertz CT molecular complexity index is 580. The standard InChI is InChI=1S/C16H19NO2/c17-16(10-18,14-6-7-14)11-19-15-8-5-12-3-1-2-4-13(12)9-15/h1-5,8-9,14,18H,6-7,10-11,17H2. The van der Waals surface area contributed by atoms with E-state index in [2.05, 4.69) is 12.1 Å². The van der Waals surface area contributed by atoms with Crippen molar-refractivity contribution in [2.24, 2.45) is 11.7 Å². The van der Waals surface area contributed by atoms with Gasteiger partial charge in [-0.15, -0.1) is 0 Å². The third-order valence-electron chi connectivity index (χ3n) is 3.91. The number of nitrogens with two attached hydrogens (primary N) is 1. The van der Waals surface area contributed by atoms with Gasteiger partial charge in [0.2, 0.25) is 0 Å². The molecule has 0 bridgehead atoms. The van der Waals surface area contributed by atoms with Crippen LogP contribution in [0.2, 0.25) is 0 Å². The zero-order chi connectivity index (χ0) is 13.3. The van der Waals surface area contributed by atoms with Crippen molar-refractivity contribution >= 4 is 10.8 Å². The lowest BCUT2D eigenvalue weighted by molar-refractivity contribution is 0.117. The van der Waals surface area contributed by atoms with Crippen molar-refractivity contribution in [3.05, 3.63) is 42.5 Å². The summed E-state index contributed by atoms with van der Waals surface area (Å²) in [5.74, 6) is 1.21. The molecule has 1 atom stereocenters. The van der Waals surface area contributed by atoms with Crippen LogP contribution in [-0.4, -0.2) is 23.9 Å². The van der Waals surface area contributed by atoms with Crippen LogP contribution in [0.25, 0.3) is 10.8 Å². The first-order valence-corrected chi connectivity index (χ1v) is 6.73. The molecule has 3 rings (SSSR count). The van der Waals surface area contributed by atoms with Crippen molar-refractivity contribution in [2.45, 2.75) is 18.4 Å². The lowest BCUT2D eigenvalue weighted by Crippen LogP contribution is -2.51. The Morgan fingerprint density at radius 1 is 1.16 bits per heavy atom. The fraction of sp³-hybridized carbons (Fsp3) is 0.375. The van der Waals surface area contributed by atoms with Gasteiger partial charge in [0.25, 0.3) is 0 Å². The van der Waals surface area contributed by atoms with E-state index in [-0.39, 0.29) is 6.61 Å². The molecule has 100 valence electrons. The molecule has 3 nitrogen and oxygen atoms in total. The summed E-state index contributed by atoms with van der Waals surface area (Å²) < 4.78 is 5.79. The Morgan fingerprint density at radius 2 is 1.89 bits per heavy atom. The van der Waals surface area contributed by atoms with Crippen LogP contribution in [0, 0.1) is 5.92 Å². The lowest BCUT2D eigenvalue weighted by atomic mass is 9.97. The van der Waals surface area contributed by atoms with Crippen molar-refractivity contribution < 1.29 is 9.84 Å². The summed E-state index contributed by atoms with van der Waals surface area (Å²) in [6, 6.07) is 14.2. The van der Waals surface area contributed by atoms with Crippen molar-refractivity contribution in [1.29, 1.82) is 0 Å². The highest BCUT2D eigenvalue weighted by atomic mass is 16.5. The normalized spacial score (nSPS) is 18.2. The van der Waals surface area contributed by atoms with E-state index in [4.69, 9.17) is 10.5 Å². The van der Waals surface area contributed by atoms with E-state index in [9.17, 15) is 5.11 Å². The molecule has 0 saturated heterocycles. The van der Waals surface area contributed by atoms with Gasteiger partial charge in [-0.05, 0) is 41.7 Å². The van der Waals surface area contributed by atoms with Gasteiger partial charge < -0.3 is 15.6 Å². The summed E-state index contributed by atoms with van der Waals surface area (Å²) >= 11 is 0. The molecular formula is C16H19NO2. The Labute approximate surface area is 113 Å². The van der Waals surface area contributed by atoms with Crippen LogP contribution in [0.4, 0.5) is 0 Å². The topological polar surface area (TPSA) is 55.5 Å². The van der Waals surface area contributed by atoms with Crippen LogP contribution >= 0.6 is 0 Å². The number of fused-ring (bicyclic) bond motifs is 1. The van der Waals surface area contributed by atoms with Crippen LogP contribution in [0.3, 0.4) is 0 Å². The molecule has 2 aromatic carbocycles. The van der Waals surface area contributed by atoms with Gasteiger partial charge in [-0.3, -0.25) is 0 Å². The lowest BCUT2D eigenvalue weighted by Gasteiger charge is -2.27. The zero-order valence-corrected chi connectivity index (χ0v) is 10.9. The van der Waals surface area contributed by atoms with E-state index >= 15 is 0 Å². The predicted molar refractivity (Wildman–Crippen MR) is 76.2 cm³/mol. The summed E-state index contributed by atoms with van der Waals surface area (Å²) in [6.07, 6.45) is 2.19. The molecule has 1 saturated carbocycles. The van der Waals surface area contributed by atoms with E-state index in [1.165, 1.54) is 5.39 Å². The van der Waals surface area contributed by atoms with E-state index in [0.29, 0.717) is 12.5 Å². The minimum absolute atomic E-state index is 0.0226. The number of ether oxygens (including phenoxy) is 1. The fourth-order valence-corrected chi connectivity index (χ4v) is 2.43. The second-order valence-electron chi connectivity index (χ2n) is 5.46. The first kappa shape index (κ1) is 12.5. The number of aliphatic hydroxyl groups excluding tert-OH is 1. The minimum Gasteiger partial charge on any atom is -0.492 e. The molecule has 0 amide bonds. The SMILES string of the molecule is NC(CO)(COc1ccc2ccccc2c1)C1CC1. The number of hydrogen-bond donors (Lipinski definition) is 2. The van der Waals surface area contributed by atoms with Crippen molar-refractivity contribution in [1.82, 2.24) is 0 Å². The summed E-state index contributed by atoms with van der Waals surface area (Å²) in [5.41, 5.74) is 5.60. The molecular weight excluding hydrogens is 238 g/mol. The van der Waals surface area contributed by atoms with Crippen LogP contribution in [0.1, 0.15) is 12.8 Å². The number of hydrogen-bond acceptors (Lipinski definition) is 3. The first-order valence-electron chi connectivity index (χ1n) is 6.73. The van der Waals surface area contributed by atoms with Crippen LogP contribution in [0.5, 0.6) is 5.75 Å². The average Bonchev–Trinajstić information content (AvgIpc) is 3.29. The van der Waals surface area contributed by atoms with Crippen LogP contribution in [-0.2, 0) is 0 Å². The molecule has 0 spiro atoms. The van der Waals surface area contributed by atoms with Gasteiger partial charge in [0.15, 0.2) is 0 Å². The molecule has 2 aromatic rings. The zero-order valence-electron chi connectivity index (χ0n) is 10.9. The van der Waals surface area contributed by atoms with E-state index in [1.807, 2.05) is 30.3 Å². The molecule has 3 heteroatoms. The fourth-order valence-electron chi connectivity index (χ4n) is 2.43. The minimum atomic E-state index is -0.592. The van der Waals surface area contributed by atoms with Crippen molar-refractivity contribution in [3.63, 3.8) is 0 Å². The molecule has 1 unspecified atom stereocenters. The van der Waals surface area contributed by atoms with Gasteiger partial charge >= 0.3 is 0 Å². The van der Waals surface area contributed by atoms with Gasteiger partial charge in [0.1, 0.15) is 12.4 Å². The summed E-state index contributed by atoms with van der Waals surface area (Å²) in [6.45, 7) is 0.345. The van der Waals surface area contributed by atoms with Crippen molar-refractivity contribution in [3.8, 4) is 5.75 Å². The van der Waals surface area contributed by atoms with E-state index in [0.717, 1.165) is 24.0 Å². The van der Waals surface area contributed by atoms with E-state index < -0.39 is 5.54 Å². The maximum atomic E-state index is 9.44. The Morgan fingerprint density at radius 3 is 2.58 bits per heavy atom. The second-order valence-corrected chi connectivity index (χ2v) is 5.46. The van der Waals surface area contributed by atoms with Gasteiger partial charge in [-0.1, -0.05) is 30.3 Å². The number of aliphatic hydroxyl groups is 1. The summed E-state index contributed by atoms with van der Waals surface area (Å²) in [5, 5.41) is 11.8. The number of rotatable bonds is 5. The Hall–Kier alpha value is -1.58. The van der Waals surface area contributed by atoms with Gasteiger partial charge in [0.05, 0.1) is 12.1 Å². The largest absolute Gasteiger partial charge is 0.492 e. The van der Waals surface area contributed by atoms with E-state index in [1.54, 1.807) is 0 Å². The van der Waals surface area contributed by atoms with Gasteiger partial charge in [-0.25, -0.2) is 0 Å². The highest BCUT2D eigenvalue weighted by Crippen LogP contribution is 2.38. The maximum Gasteiger partial charge on any atom is 0.120 e. The Balaban J connectivity index is 1.74. The summed E-state index contributed by atoms with van der Waals surface area (Å²) in [4.78, 5) is 0. The quantitative estimate of drug-likeness (QED) is 0.864. The molecule has 19 heavy (non-hydrogen) atoms. The average molecular weight is 257 g/mol. The molecule has 1 aliphatic carbocycles. The van der Waals surface area contributed by atoms with Gasteiger partial charge in [-0.2, -0.15) is 0 Å². The molecule has 1 fully saturated rings. The molecule has 0 heterocycles. The molecule has 0 aromatic heterocycles. The summed E-state index contributed by atoms with van der Waals surface area (Å²) in [7, 11) is 0. The second kappa shape index (κ2) is 4.83. The van der Waals surface area contributed by atoms with Crippen molar-refractivity contribution in [2.75, 3.05) is 13.2 Å². The maximum absolute atomic E-state index is 9.44. The third-order valence-corrected chi connectivity index (χ3v) is 3.91. The molecule has 0 aliphatic heterocycles. The molecule has 1 aliphatic rings. The van der Waals surface area contributed by atoms with Crippen LogP contribution in [0.15, 0.2) is 42.5 Å². The smallest absolute Gasteiger partial charge is 0.120 e.